The van der Waals surface area contributed by atoms with Gasteiger partial charge in [-0.25, -0.2) is 0 Å². The van der Waals surface area contributed by atoms with Crippen LogP contribution >= 0.6 is 15.9 Å². The summed E-state index contributed by atoms with van der Waals surface area (Å²) in [6.07, 6.45) is 2.51. The predicted molar refractivity (Wildman–Crippen MR) is 90.9 cm³/mol. The summed E-state index contributed by atoms with van der Waals surface area (Å²) >= 11 is 3.49. The van der Waals surface area contributed by atoms with E-state index >= 15 is 0 Å². The normalized spacial score (nSPS) is 15.5. The predicted octanol–water partition coefficient (Wildman–Crippen LogP) is 2.70. The first kappa shape index (κ1) is 14.6. The number of benzene rings is 1. The van der Waals surface area contributed by atoms with Crippen LogP contribution in [0.25, 0.3) is 0 Å². The maximum absolute atomic E-state index is 10.5. The molecule has 2 heterocycles. The number of carbonyl (C=O) groups excluding carboxylic acids is 1. The van der Waals surface area contributed by atoms with Crippen LogP contribution in [0.1, 0.15) is 11.3 Å². The van der Waals surface area contributed by atoms with Crippen LogP contribution in [-0.2, 0) is 4.79 Å². The van der Waals surface area contributed by atoms with Crippen molar-refractivity contribution in [3.8, 4) is 0 Å². The molecule has 1 aromatic heterocycles. The van der Waals surface area contributed by atoms with E-state index in [1.54, 1.807) is 6.20 Å². The molecule has 110 valence electrons. The molecule has 0 unspecified atom stereocenters. The number of rotatable bonds is 3. The minimum Gasteiger partial charge on any atom is -0.342 e. The van der Waals surface area contributed by atoms with E-state index in [1.165, 1.54) is 0 Å². The molecule has 0 aliphatic carbocycles. The molecule has 1 N–H and O–H groups in total. The number of anilines is 1. The van der Waals surface area contributed by atoms with Crippen molar-refractivity contribution >= 4 is 39.5 Å². The van der Waals surface area contributed by atoms with Crippen LogP contribution in [0.4, 0.5) is 5.69 Å². The number of carbonyl (C=O) groups is 1. The lowest BCUT2D eigenvalue weighted by atomic mass is 10.0. The minimum atomic E-state index is 0.128. The third-order valence-corrected chi connectivity index (χ3v) is 3.66. The quantitative estimate of drug-likeness (QED) is 0.859. The summed E-state index contributed by atoms with van der Waals surface area (Å²) in [5, 5.41) is 3.25. The Morgan fingerprint density at radius 1 is 1.32 bits per heavy atom. The molecule has 22 heavy (non-hydrogen) atoms. The Hall–Kier alpha value is -2.34. The van der Waals surface area contributed by atoms with E-state index in [0.717, 1.165) is 33.4 Å². The summed E-state index contributed by atoms with van der Waals surface area (Å²) in [5.41, 5.74) is 3.46. The van der Waals surface area contributed by atoms with Crippen LogP contribution in [-0.4, -0.2) is 35.9 Å². The lowest BCUT2D eigenvalue weighted by molar-refractivity contribution is -0.106. The van der Waals surface area contributed by atoms with Crippen LogP contribution in [0.3, 0.4) is 0 Å². The fourth-order valence-corrected chi connectivity index (χ4v) is 2.58. The van der Waals surface area contributed by atoms with E-state index in [0.29, 0.717) is 12.4 Å². The number of aldehydes is 1. The highest BCUT2D eigenvalue weighted by Crippen LogP contribution is 2.25. The number of pyridine rings is 1. The topological polar surface area (TPSA) is 66.7 Å². The molecule has 0 amide bonds. The van der Waals surface area contributed by atoms with Gasteiger partial charge in [0, 0.05) is 21.9 Å². The molecule has 0 saturated carbocycles. The molecule has 5 nitrogen and oxygen atoms in total. The average molecular weight is 357 g/mol. The van der Waals surface area contributed by atoms with Crippen molar-refractivity contribution in [1.29, 1.82) is 0 Å². The SMILES string of the molecule is O=CCN=C1CN=C(c2ccccn2)c2cc(Br)ccc2N1. The van der Waals surface area contributed by atoms with Crippen molar-refractivity contribution in [2.45, 2.75) is 0 Å². The minimum absolute atomic E-state index is 0.128. The van der Waals surface area contributed by atoms with Crippen molar-refractivity contribution in [3.05, 3.63) is 58.3 Å². The van der Waals surface area contributed by atoms with E-state index in [2.05, 4.69) is 36.2 Å². The van der Waals surface area contributed by atoms with E-state index in [1.807, 2.05) is 36.4 Å². The fraction of sp³-hybridized carbons (Fsp3) is 0.125. The molecule has 3 rings (SSSR count). The van der Waals surface area contributed by atoms with Crippen molar-refractivity contribution in [2.24, 2.45) is 9.98 Å². The lowest BCUT2D eigenvalue weighted by Crippen LogP contribution is -2.15. The third-order valence-electron chi connectivity index (χ3n) is 3.17. The first-order valence-electron chi connectivity index (χ1n) is 6.77. The van der Waals surface area contributed by atoms with Crippen LogP contribution in [0.5, 0.6) is 0 Å². The molecule has 0 atom stereocenters. The summed E-state index contributed by atoms with van der Waals surface area (Å²) in [5.74, 6) is 0.668. The smallest absolute Gasteiger partial charge is 0.141 e. The molecular weight excluding hydrogens is 344 g/mol. The van der Waals surface area contributed by atoms with Crippen LogP contribution in [0.15, 0.2) is 57.1 Å². The van der Waals surface area contributed by atoms with Crippen LogP contribution < -0.4 is 5.32 Å². The van der Waals surface area contributed by atoms with Gasteiger partial charge in [-0.15, -0.1) is 0 Å². The highest BCUT2D eigenvalue weighted by molar-refractivity contribution is 9.10. The first-order valence-corrected chi connectivity index (χ1v) is 7.57. The molecule has 1 aromatic carbocycles. The Balaban J connectivity index is 2.11. The zero-order valence-corrected chi connectivity index (χ0v) is 13.2. The summed E-state index contributed by atoms with van der Waals surface area (Å²) in [7, 11) is 0. The Morgan fingerprint density at radius 3 is 3.00 bits per heavy atom. The Labute approximate surface area is 136 Å². The number of aromatic nitrogens is 1. The maximum Gasteiger partial charge on any atom is 0.141 e. The van der Waals surface area contributed by atoms with Crippen molar-refractivity contribution in [3.63, 3.8) is 0 Å². The molecule has 0 saturated heterocycles. The average Bonchev–Trinajstić information content (AvgIpc) is 2.73. The molecule has 0 radical (unpaired) electrons. The van der Waals surface area contributed by atoms with Crippen molar-refractivity contribution < 1.29 is 4.79 Å². The fourth-order valence-electron chi connectivity index (χ4n) is 2.21. The van der Waals surface area contributed by atoms with Gasteiger partial charge in [-0.2, -0.15) is 0 Å². The van der Waals surface area contributed by atoms with Gasteiger partial charge in [-0.3, -0.25) is 15.0 Å². The Bertz CT molecular complexity index is 756. The second kappa shape index (κ2) is 6.62. The Morgan fingerprint density at radius 2 is 2.23 bits per heavy atom. The van der Waals surface area contributed by atoms with Crippen molar-refractivity contribution in [1.82, 2.24) is 4.98 Å². The molecule has 1 aliphatic heterocycles. The van der Waals surface area contributed by atoms with Gasteiger partial charge < -0.3 is 10.1 Å². The van der Waals surface area contributed by atoms with Gasteiger partial charge in [-0.1, -0.05) is 22.0 Å². The molecule has 0 fully saturated rings. The number of hydrogen-bond donors (Lipinski definition) is 1. The molecule has 2 aromatic rings. The van der Waals surface area contributed by atoms with E-state index in [-0.39, 0.29) is 6.54 Å². The largest absolute Gasteiger partial charge is 0.342 e. The van der Waals surface area contributed by atoms with E-state index in [4.69, 9.17) is 0 Å². The molecule has 0 bridgehead atoms. The third kappa shape index (κ3) is 3.12. The highest BCUT2D eigenvalue weighted by atomic mass is 79.9. The number of aliphatic imine (C=N–C) groups is 2. The molecule has 0 spiro atoms. The number of nitrogens with one attached hydrogen (secondary N) is 1. The number of fused-ring (bicyclic) bond motifs is 1. The summed E-state index contributed by atoms with van der Waals surface area (Å²) in [6, 6.07) is 11.6. The number of amidine groups is 1. The first-order chi connectivity index (χ1) is 10.8. The lowest BCUT2D eigenvalue weighted by Gasteiger charge is -2.10. The van der Waals surface area contributed by atoms with Gasteiger partial charge in [0.15, 0.2) is 0 Å². The summed E-state index contributed by atoms with van der Waals surface area (Å²) < 4.78 is 0.963. The Kier molecular flexibility index (Phi) is 4.39. The monoisotopic (exact) mass is 356 g/mol. The van der Waals surface area contributed by atoms with Gasteiger partial charge in [0.1, 0.15) is 12.1 Å². The van der Waals surface area contributed by atoms with Gasteiger partial charge in [-0.05, 0) is 30.3 Å². The van der Waals surface area contributed by atoms with Gasteiger partial charge in [0.25, 0.3) is 0 Å². The highest BCUT2D eigenvalue weighted by Gasteiger charge is 2.18. The zero-order valence-electron chi connectivity index (χ0n) is 11.7. The zero-order chi connectivity index (χ0) is 15.4. The number of benzodiazepines with no additional fused rings is 1. The van der Waals surface area contributed by atoms with E-state index in [9.17, 15) is 4.79 Å². The van der Waals surface area contributed by atoms with Gasteiger partial charge in [0.05, 0.1) is 24.5 Å². The maximum atomic E-state index is 10.5. The molecule has 6 heteroatoms. The van der Waals surface area contributed by atoms with Crippen molar-refractivity contribution in [2.75, 3.05) is 18.4 Å². The summed E-state index contributed by atoms with van der Waals surface area (Å²) in [6.45, 7) is 0.509. The van der Waals surface area contributed by atoms with Crippen LogP contribution in [0, 0.1) is 0 Å². The van der Waals surface area contributed by atoms with Gasteiger partial charge in [0.2, 0.25) is 0 Å². The molecule has 1 aliphatic rings. The second-order valence-corrected chi connectivity index (χ2v) is 5.56. The van der Waals surface area contributed by atoms with Crippen LogP contribution in [0.2, 0.25) is 0 Å². The number of hydrogen-bond acceptors (Lipinski definition) is 4. The van der Waals surface area contributed by atoms with Gasteiger partial charge >= 0.3 is 0 Å². The second-order valence-electron chi connectivity index (χ2n) is 4.65. The number of halogens is 1. The number of nitrogens with zero attached hydrogens (tertiary/aromatic N) is 3. The summed E-state index contributed by atoms with van der Waals surface area (Å²) in [4.78, 5) is 23.8. The molecular formula is C16H13BrN4O. The standard InChI is InChI=1S/C16H13BrN4O/c17-11-4-5-13-12(9-11)16(14-3-1-2-6-18-14)20-10-15(21-13)19-7-8-22/h1-6,8-9H,7,10H2,(H,19,21). The van der Waals surface area contributed by atoms with E-state index < -0.39 is 0 Å².